The van der Waals surface area contributed by atoms with Crippen LogP contribution in [0.1, 0.15) is 22.3 Å². The van der Waals surface area contributed by atoms with Gasteiger partial charge in [-0.05, 0) is 36.8 Å². The molecule has 0 aliphatic carbocycles. The molecule has 0 amide bonds. The second kappa shape index (κ2) is 6.42. The highest BCUT2D eigenvalue weighted by Crippen LogP contribution is 2.31. The number of ether oxygens (including phenoxy) is 1. The van der Waals surface area contributed by atoms with E-state index in [1.807, 2.05) is 19.1 Å². The normalized spacial score (nSPS) is 16.8. The maximum atomic E-state index is 12.9. The Morgan fingerprint density at radius 1 is 1.15 bits per heavy atom. The third-order valence-corrected chi connectivity index (χ3v) is 4.75. The number of hydrogen-bond donors (Lipinski definition) is 1. The molecule has 4 nitrogen and oxygen atoms in total. The quantitative estimate of drug-likeness (QED) is 0.700. The lowest BCUT2D eigenvalue weighted by atomic mass is 10.0. The molecule has 140 valence electrons. The lowest BCUT2D eigenvalue weighted by molar-refractivity contribution is -0.945. The standard InChI is InChI=1S/C20H16F3NO3/c1-12-7-18(25)27-19-15(12)5-6-17-16(19)10-24(11-26-17)9-13-3-2-4-14(8-13)20(21,22)23/h2-8H,9-11H2,1H3/p+1. The van der Waals surface area contributed by atoms with Crippen molar-refractivity contribution in [2.24, 2.45) is 0 Å². The van der Waals surface area contributed by atoms with E-state index in [1.54, 1.807) is 6.07 Å². The third-order valence-electron chi connectivity index (χ3n) is 4.75. The number of aryl methyl sites for hydroxylation is 1. The number of fused-ring (bicyclic) bond motifs is 3. The molecule has 1 N–H and O–H groups in total. The van der Waals surface area contributed by atoms with Crippen LogP contribution in [0.2, 0.25) is 0 Å². The van der Waals surface area contributed by atoms with Gasteiger partial charge in [-0.2, -0.15) is 13.2 Å². The van der Waals surface area contributed by atoms with Crippen LogP contribution in [-0.4, -0.2) is 6.73 Å². The predicted octanol–water partition coefficient (Wildman–Crippen LogP) is 3.06. The van der Waals surface area contributed by atoms with E-state index in [0.29, 0.717) is 36.7 Å². The van der Waals surface area contributed by atoms with Crippen LogP contribution in [0.25, 0.3) is 11.0 Å². The molecule has 0 saturated carbocycles. The van der Waals surface area contributed by atoms with E-state index in [4.69, 9.17) is 9.15 Å². The molecule has 1 atom stereocenters. The maximum Gasteiger partial charge on any atom is 0.416 e. The van der Waals surface area contributed by atoms with Crippen LogP contribution in [0.4, 0.5) is 13.2 Å². The summed E-state index contributed by atoms with van der Waals surface area (Å²) in [6.45, 7) is 3.03. The fourth-order valence-electron chi connectivity index (χ4n) is 3.46. The van der Waals surface area contributed by atoms with Gasteiger partial charge >= 0.3 is 11.8 Å². The largest absolute Gasteiger partial charge is 0.445 e. The monoisotopic (exact) mass is 376 g/mol. The molecule has 1 aliphatic heterocycles. The van der Waals surface area contributed by atoms with Crippen LogP contribution in [0.5, 0.6) is 5.75 Å². The summed E-state index contributed by atoms with van der Waals surface area (Å²) in [7, 11) is 0. The zero-order valence-electron chi connectivity index (χ0n) is 14.5. The van der Waals surface area contributed by atoms with Crippen molar-refractivity contribution in [3.05, 3.63) is 75.1 Å². The summed E-state index contributed by atoms with van der Waals surface area (Å²) in [5.74, 6) is 0.643. The Balaban J connectivity index is 1.65. The highest BCUT2D eigenvalue weighted by atomic mass is 19.4. The first-order valence-electron chi connectivity index (χ1n) is 8.50. The number of halogens is 3. The van der Waals surface area contributed by atoms with Gasteiger partial charge in [0.25, 0.3) is 0 Å². The Hall–Kier alpha value is -2.80. The van der Waals surface area contributed by atoms with Gasteiger partial charge in [-0.1, -0.05) is 12.1 Å². The lowest BCUT2D eigenvalue weighted by Gasteiger charge is -2.26. The van der Waals surface area contributed by atoms with Crippen molar-refractivity contribution in [2.45, 2.75) is 26.2 Å². The van der Waals surface area contributed by atoms with Gasteiger partial charge in [0.15, 0.2) is 5.58 Å². The van der Waals surface area contributed by atoms with Crippen molar-refractivity contribution in [1.82, 2.24) is 0 Å². The van der Waals surface area contributed by atoms with Crippen molar-refractivity contribution in [1.29, 1.82) is 0 Å². The topological polar surface area (TPSA) is 43.9 Å². The second-order valence-electron chi connectivity index (χ2n) is 6.76. The highest BCUT2D eigenvalue weighted by Gasteiger charge is 2.31. The minimum atomic E-state index is -4.37. The van der Waals surface area contributed by atoms with E-state index in [0.717, 1.165) is 33.5 Å². The van der Waals surface area contributed by atoms with Crippen LogP contribution in [-0.2, 0) is 19.3 Å². The Kier molecular flexibility index (Phi) is 4.19. The van der Waals surface area contributed by atoms with Crippen LogP contribution in [0, 0.1) is 6.92 Å². The van der Waals surface area contributed by atoms with E-state index < -0.39 is 17.4 Å². The van der Waals surface area contributed by atoms with Crippen LogP contribution >= 0.6 is 0 Å². The Morgan fingerprint density at radius 3 is 2.74 bits per heavy atom. The van der Waals surface area contributed by atoms with Crippen LogP contribution < -0.4 is 15.3 Å². The summed E-state index contributed by atoms with van der Waals surface area (Å²) in [6.07, 6.45) is -4.37. The van der Waals surface area contributed by atoms with Gasteiger partial charge < -0.3 is 9.15 Å². The summed E-state index contributed by atoms with van der Waals surface area (Å²) < 4.78 is 49.9. The van der Waals surface area contributed by atoms with Gasteiger partial charge in [-0.25, -0.2) is 4.79 Å². The molecule has 1 aromatic heterocycles. The van der Waals surface area contributed by atoms with Gasteiger partial charge in [0.05, 0.1) is 11.1 Å². The van der Waals surface area contributed by atoms with Gasteiger partial charge in [-0.15, -0.1) is 0 Å². The Morgan fingerprint density at radius 2 is 1.96 bits per heavy atom. The summed E-state index contributed by atoms with van der Waals surface area (Å²) in [4.78, 5) is 12.7. The molecule has 2 heterocycles. The van der Waals surface area contributed by atoms with E-state index in [2.05, 4.69) is 0 Å². The number of alkyl halides is 3. The average Bonchev–Trinajstić information content (AvgIpc) is 2.61. The summed E-state index contributed by atoms with van der Waals surface area (Å²) in [5.41, 5.74) is 1.54. The molecule has 0 radical (unpaired) electrons. The zero-order valence-corrected chi connectivity index (χ0v) is 14.5. The number of nitrogens with one attached hydrogen (secondary N) is 1. The fourth-order valence-corrected chi connectivity index (χ4v) is 3.46. The van der Waals surface area contributed by atoms with Gasteiger partial charge in [0.1, 0.15) is 18.8 Å². The molecular formula is C20H17F3NO3+. The minimum absolute atomic E-state index is 0.324. The molecule has 1 aliphatic rings. The summed E-state index contributed by atoms with van der Waals surface area (Å²) in [5, 5.41) is 0.831. The smallest absolute Gasteiger partial charge is 0.416 e. The van der Waals surface area contributed by atoms with Gasteiger partial charge in [-0.3, -0.25) is 4.90 Å². The maximum absolute atomic E-state index is 12.9. The molecule has 1 unspecified atom stereocenters. The first-order valence-corrected chi connectivity index (χ1v) is 8.50. The van der Waals surface area contributed by atoms with E-state index in [1.165, 1.54) is 12.1 Å². The second-order valence-corrected chi connectivity index (χ2v) is 6.76. The first-order chi connectivity index (χ1) is 12.8. The third kappa shape index (κ3) is 3.42. The average molecular weight is 376 g/mol. The van der Waals surface area contributed by atoms with Crippen LogP contribution in [0.3, 0.4) is 0 Å². The van der Waals surface area contributed by atoms with Crippen molar-refractivity contribution in [2.75, 3.05) is 6.73 Å². The van der Waals surface area contributed by atoms with E-state index in [9.17, 15) is 18.0 Å². The molecule has 0 bridgehead atoms. The fraction of sp³-hybridized carbons (Fsp3) is 0.250. The number of rotatable bonds is 2. The Bertz CT molecular complexity index is 1070. The molecule has 2 aromatic carbocycles. The summed E-state index contributed by atoms with van der Waals surface area (Å²) >= 11 is 0. The Labute approximate surface area is 152 Å². The van der Waals surface area contributed by atoms with Crippen molar-refractivity contribution < 1.29 is 27.2 Å². The van der Waals surface area contributed by atoms with Crippen molar-refractivity contribution in [3.63, 3.8) is 0 Å². The molecule has 0 fully saturated rings. The van der Waals surface area contributed by atoms with Crippen molar-refractivity contribution >= 4 is 11.0 Å². The summed E-state index contributed by atoms with van der Waals surface area (Å²) in [6, 6.07) is 10.4. The molecule has 7 heteroatoms. The molecule has 4 rings (SSSR count). The zero-order chi connectivity index (χ0) is 19.2. The number of quaternary nitrogens is 1. The van der Waals surface area contributed by atoms with E-state index in [-0.39, 0.29) is 0 Å². The minimum Gasteiger partial charge on any atom is -0.445 e. The van der Waals surface area contributed by atoms with Gasteiger partial charge in [0, 0.05) is 17.0 Å². The number of benzene rings is 2. The molecule has 3 aromatic rings. The van der Waals surface area contributed by atoms with Gasteiger partial charge in [0.2, 0.25) is 6.73 Å². The molecular weight excluding hydrogens is 359 g/mol. The predicted molar refractivity (Wildman–Crippen MR) is 92.5 cm³/mol. The SMILES string of the molecule is Cc1cc(=O)oc2c3c(ccc12)OC[NH+](Cc1cccc(C(F)(F)F)c1)C3. The van der Waals surface area contributed by atoms with Crippen LogP contribution in [0.15, 0.2) is 51.7 Å². The first kappa shape index (κ1) is 17.6. The van der Waals surface area contributed by atoms with Crippen molar-refractivity contribution in [3.8, 4) is 5.75 Å². The molecule has 0 saturated heterocycles. The molecule has 0 spiro atoms. The number of hydrogen-bond acceptors (Lipinski definition) is 3. The lowest BCUT2D eigenvalue weighted by Crippen LogP contribution is -3.10. The highest BCUT2D eigenvalue weighted by molar-refractivity contribution is 5.84. The van der Waals surface area contributed by atoms with E-state index >= 15 is 0 Å². The molecule has 27 heavy (non-hydrogen) atoms.